The molecule has 5 rings (SSSR count). The minimum absolute atomic E-state index is 0.289. The van der Waals surface area contributed by atoms with Crippen molar-refractivity contribution in [2.24, 2.45) is 0 Å². The maximum Gasteiger partial charge on any atom is 0.435 e. The van der Waals surface area contributed by atoms with Crippen molar-refractivity contribution in [3.63, 3.8) is 0 Å². The van der Waals surface area contributed by atoms with Gasteiger partial charge in [0.15, 0.2) is 5.82 Å². The molecule has 1 unspecified atom stereocenters. The maximum absolute atomic E-state index is 12.7. The van der Waals surface area contributed by atoms with Crippen LogP contribution in [0, 0.1) is 0 Å². The van der Waals surface area contributed by atoms with E-state index in [1.165, 1.54) is 18.9 Å². The van der Waals surface area contributed by atoms with Gasteiger partial charge in [0.2, 0.25) is 0 Å². The van der Waals surface area contributed by atoms with E-state index in [2.05, 4.69) is 16.9 Å². The van der Waals surface area contributed by atoms with Crippen LogP contribution in [-0.4, -0.2) is 64.2 Å². The number of benzene rings is 2. The molecule has 38 heavy (non-hydrogen) atoms. The van der Waals surface area contributed by atoms with Crippen LogP contribution in [0.2, 0.25) is 0 Å². The van der Waals surface area contributed by atoms with Gasteiger partial charge >= 0.3 is 12.1 Å². The topological polar surface area (TPSA) is 109 Å². The van der Waals surface area contributed by atoms with Crippen LogP contribution in [0.5, 0.6) is 5.75 Å². The Kier molecular flexibility index (Phi) is 6.42. The molecule has 2 aromatic carbocycles. The molecule has 0 aliphatic carbocycles. The number of hydrogen-bond acceptors (Lipinski definition) is 9. The molecule has 1 fully saturated rings. The standard InChI is InChI=1S/C28H31N5O5/c1-16-8-7-11-32(16)25-24(30-21-14-23(36-5)19(26(34)37-6)13-20(21)31-25)17-9-10-22-18(12-17)15-29-33(22)27(35)38-28(2,3)4/h9-10,12-16H,7-8,11H2,1-6H3. The van der Waals surface area contributed by atoms with Gasteiger partial charge in [-0.2, -0.15) is 9.78 Å². The second-order valence-electron chi connectivity index (χ2n) is 10.4. The Morgan fingerprint density at radius 2 is 1.82 bits per heavy atom. The van der Waals surface area contributed by atoms with Crippen molar-refractivity contribution in [1.82, 2.24) is 19.7 Å². The molecule has 1 aliphatic heterocycles. The van der Waals surface area contributed by atoms with Crippen LogP contribution in [0.15, 0.2) is 36.5 Å². The van der Waals surface area contributed by atoms with E-state index in [0.29, 0.717) is 33.6 Å². The summed E-state index contributed by atoms with van der Waals surface area (Å²) in [4.78, 5) is 37.3. The number of rotatable bonds is 4. The molecule has 4 aromatic rings. The summed E-state index contributed by atoms with van der Waals surface area (Å²) in [5.41, 5.74) is 2.99. The molecule has 0 saturated carbocycles. The first-order valence-electron chi connectivity index (χ1n) is 12.6. The first kappa shape index (κ1) is 25.4. The number of esters is 1. The van der Waals surface area contributed by atoms with Gasteiger partial charge in [0, 0.05) is 29.6 Å². The Morgan fingerprint density at radius 3 is 2.47 bits per heavy atom. The molecule has 1 aliphatic rings. The van der Waals surface area contributed by atoms with Crippen LogP contribution < -0.4 is 9.64 Å². The number of ether oxygens (including phenoxy) is 3. The summed E-state index contributed by atoms with van der Waals surface area (Å²) >= 11 is 0. The molecule has 0 spiro atoms. The Hall–Kier alpha value is -4.21. The van der Waals surface area contributed by atoms with Gasteiger partial charge in [-0.15, -0.1) is 0 Å². The molecule has 1 atom stereocenters. The van der Waals surface area contributed by atoms with E-state index < -0.39 is 17.7 Å². The zero-order valence-corrected chi connectivity index (χ0v) is 22.4. The van der Waals surface area contributed by atoms with Gasteiger partial charge in [0.25, 0.3) is 0 Å². The summed E-state index contributed by atoms with van der Waals surface area (Å²) < 4.78 is 17.1. The molecule has 2 aromatic heterocycles. The number of anilines is 1. The van der Waals surface area contributed by atoms with Crippen LogP contribution in [-0.2, 0) is 9.47 Å². The number of methoxy groups -OCH3 is 2. The van der Waals surface area contributed by atoms with Gasteiger partial charge in [-0.3, -0.25) is 0 Å². The van der Waals surface area contributed by atoms with Crippen molar-refractivity contribution >= 4 is 39.8 Å². The predicted octanol–water partition coefficient (Wildman–Crippen LogP) is 5.21. The Morgan fingerprint density at radius 1 is 1.05 bits per heavy atom. The summed E-state index contributed by atoms with van der Waals surface area (Å²) in [6.45, 7) is 8.48. The third-order valence-corrected chi connectivity index (χ3v) is 6.61. The SMILES string of the molecule is COC(=O)c1cc2nc(N3CCCC3C)c(-c3ccc4c(cnn4C(=O)OC(C)(C)C)c3)nc2cc1OC. The van der Waals surface area contributed by atoms with Crippen LogP contribution in [0.3, 0.4) is 0 Å². The van der Waals surface area contributed by atoms with E-state index in [4.69, 9.17) is 24.2 Å². The molecule has 10 nitrogen and oxygen atoms in total. The van der Waals surface area contributed by atoms with Crippen molar-refractivity contribution in [2.45, 2.75) is 52.2 Å². The predicted molar refractivity (Wildman–Crippen MR) is 144 cm³/mol. The zero-order valence-electron chi connectivity index (χ0n) is 22.4. The van der Waals surface area contributed by atoms with E-state index in [0.717, 1.165) is 36.2 Å². The lowest BCUT2D eigenvalue weighted by atomic mass is 10.1. The number of nitrogens with zero attached hydrogens (tertiary/aromatic N) is 5. The van der Waals surface area contributed by atoms with E-state index in [1.807, 2.05) is 39.0 Å². The molecule has 0 N–H and O–H groups in total. The van der Waals surface area contributed by atoms with Crippen molar-refractivity contribution < 1.29 is 23.8 Å². The monoisotopic (exact) mass is 517 g/mol. The second-order valence-corrected chi connectivity index (χ2v) is 10.4. The molecular weight excluding hydrogens is 486 g/mol. The van der Waals surface area contributed by atoms with Crippen molar-refractivity contribution in [1.29, 1.82) is 0 Å². The fourth-order valence-corrected chi connectivity index (χ4v) is 4.79. The molecular formula is C28H31N5O5. The summed E-state index contributed by atoms with van der Waals surface area (Å²) in [6, 6.07) is 9.35. The lowest BCUT2D eigenvalue weighted by molar-refractivity contribution is 0.0521. The van der Waals surface area contributed by atoms with Crippen LogP contribution >= 0.6 is 0 Å². The average Bonchev–Trinajstić information content (AvgIpc) is 3.51. The average molecular weight is 518 g/mol. The molecule has 0 radical (unpaired) electrons. The summed E-state index contributed by atoms with van der Waals surface area (Å²) in [5, 5.41) is 5.04. The zero-order chi connectivity index (χ0) is 27.2. The highest BCUT2D eigenvalue weighted by Crippen LogP contribution is 2.36. The number of fused-ring (bicyclic) bond motifs is 2. The normalized spacial score (nSPS) is 15.7. The highest BCUT2D eigenvalue weighted by molar-refractivity contribution is 5.98. The van der Waals surface area contributed by atoms with E-state index in [-0.39, 0.29) is 6.04 Å². The van der Waals surface area contributed by atoms with Gasteiger partial charge < -0.3 is 19.1 Å². The first-order valence-corrected chi connectivity index (χ1v) is 12.6. The molecule has 3 heterocycles. The highest BCUT2D eigenvalue weighted by Gasteiger charge is 2.27. The number of carbonyl (C=O) groups is 2. The van der Waals surface area contributed by atoms with Gasteiger partial charge in [0.05, 0.1) is 37.0 Å². The number of carbonyl (C=O) groups excluding carboxylic acids is 2. The summed E-state index contributed by atoms with van der Waals surface area (Å²) in [7, 11) is 2.83. The van der Waals surface area contributed by atoms with Gasteiger partial charge in [0.1, 0.15) is 22.6 Å². The fraction of sp³-hybridized carbons (Fsp3) is 0.393. The van der Waals surface area contributed by atoms with E-state index >= 15 is 0 Å². The maximum atomic E-state index is 12.7. The number of aromatic nitrogens is 4. The lowest BCUT2D eigenvalue weighted by Gasteiger charge is -2.25. The van der Waals surface area contributed by atoms with Crippen molar-refractivity contribution in [2.75, 3.05) is 25.7 Å². The van der Waals surface area contributed by atoms with E-state index in [9.17, 15) is 9.59 Å². The first-order chi connectivity index (χ1) is 18.1. The van der Waals surface area contributed by atoms with Crippen LogP contribution in [0.1, 0.15) is 50.9 Å². The van der Waals surface area contributed by atoms with E-state index in [1.54, 1.807) is 18.3 Å². The molecule has 10 heteroatoms. The molecule has 0 amide bonds. The minimum atomic E-state index is -0.633. The smallest absolute Gasteiger partial charge is 0.435 e. The largest absolute Gasteiger partial charge is 0.496 e. The third-order valence-electron chi connectivity index (χ3n) is 6.61. The van der Waals surface area contributed by atoms with Crippen molar-refractivity contribution in [3.8, 4) is 17.0 Å². The Labute approximate surface area is 220 Å². The summed E-state index contributed by atoms with van der Waals surface area (Å²) in [6.07, 6.45) is 3.21. The third kappa shape index (κ3) is 4.62. The molecule has 0 bridgehead atoms. The highest BCUT2D eigenvalue weighted by atomic mass is 16.6. The summed E-state index contributed by atoms with van der Waals surface area (Å²) in [5.74, 6) is 0.599. The molecule has 198 valence electrons. The van der Waals surface area contributed by atoms with Gasteiger partial charge in [-0.25, -0.2) is 19.6 Å². The van der Waals surface area contributed by atoms with Crippen LogP contribution in [0.4, 0.5) is 10.6 Å². The number of hydrogen-bond donors (Lipinski definition) is 0. The second kappa shape index (κ2) is 9.59. The Balaban J connectivity index is 1.66. The van der Waals surface area contributed by atoms with Crippen molar-refractivity contribution in [3.05, 3.63) is 42.1 Å². The minimum Gasteiger partial charge on any atom is -0.496 e. The Bertz CT molecular complexity index is 1560. The van der Waals surface area contributed by atoms with Crippen LogP contribution in [0.25, 0.3) is 33.2 Å². The van der Waals surface area contributed by atoms with Gasteiger partial charge in [-0.1, -0.05) is 6.07 Å². The fourth-order valence-electron chi connectivity index (χ4n) is 4.79. The van der Waals surface area contributed by atoms with Gasteiger partial charge in [-0.05, 0) is 58.7 Å². The lowest BCUT2D eigenvalue weighted by Crippen LogP contribution is -2.28. The molecule has 1 saturated heterocycles. The quantitative estimate of drug-likeness (QED) is 0.337.